The Labute approximate surface area is 135 Å². The highest BCUT2D eigenvalue weighted by atomic mass is 19.1. The zero-order valence-corrected chi connectivity index (χ0v) is 13.2. The molecule has 124 valence electrons. The van der Waals surface area contributed by atoms with Gasteiger partial charge in [0.15, 0.2) is 0 Å². The summed E-state index contributed by atoms with van der Waals surface area (Å²) >= 11 is 0. The fourth-order valence-electron chi connectivity index (χ4n) is 3.87. The SMILES string of the molecule is CC(=O)NC1CC2CCCC(C1)N2C(=O)Nc1cccc(F)c1. The molecule has 0 aliphatic carbocycles. The summed E-state index contributed by atoms with van der Waals surface area (Å²) in [6, 6.07) is 6.16. The van der Waals surface area contributed by atoms with Crippen LogP contribution in [0.25, 0.3) is 0 Å². The molecule has 1 aromatic carbocycles. The minimum absolute atomic E-state index is 0.0225. The third kappa shape index (κ3) is 3.63. The maximum Gasteiger partial charge on any atom is 0.322 e. The largest absolute Gasteiger partial charge is 0.353 e. The number of carbonyl (C=O) groups is 2. The van der Waals surface area contributed by atoms with Crippen LogP contribution in [0.5, 0.6) is 0 Å². The molecule has 2 aliphatic heterocycles. The first-order valence-electron chi connectivity index (χ1n) is 8.15. The van der Waals surface area contributed by atoms with Gasteiger partial charge in [-0.15, -0.1) is 0 Å². The average Bonchev–Trinajstić information content (AvgIpc) is 2.45. The lowest BCUT2D eigenvalue weighted by atomic mass is 9.82. The van der Waals surface area contributed by atoms with Gasteiger partial charge in [0.05, 0.1) is 0 Å². The second-order valence-electron chi connectivity index (χ2n) is 6.46. The molecule has 3 amide bonds. The number of benzene rings is 1. The molecular formula is C17H22FN3O2. The highest BCUT2D eigenvalue weighted by Gasteiger charge is 2.41. The van der Waals surface area contributed by atoms with Crippen molar-refractivity contribution < 1.29 is 14.0 Å². The molecule has 0 aromatic heterocycles. The second-order valence-corrected chi connectivity index (χ2v) is 6.46. The summed E-state index contributed by atoms with van der Waals surface area (Å²) in [5, 5.41) is 5.78. The molecule has 2 saturated heterocycles. The number of carbonyl (C=O) groups excluding carboxylic acids is 2. The Hall–Kier alpha value is -2.11. The van der Waals surface area contributed by atoms with Crippen molar-refractivity contribution in [1.82, 2.24) is 10.2 Å². The van der Waals surface area contributed by atoms with Gasteiger partial charge >= 0.3 is 6.03 Å². The Bertz CT molecular complexity index is 593. The van der Waals surface area contributed by atoms with Gasteiger partial charge in [-0.25, -0.2) is 9.18 Å². The first-order valence-corrected chi connectivity index (χ1v) is 8.15. The molecule has 0 radical (unpaired) electrons. The predicted octanol–water partition coefficient (Wildman–Crippen LogP) is 2.88. The van der Waals surface area contributed by atoms with Gasteiger partial charge in [-0.05, 0) is 50.3 Å². The van der Waals surface area contributed by atoms with Crippen LogP contribution in [0.2, 0.25) is 0 Å². The minimum Gasteiger partial charge on any atom is -0.353 e. The summed E-state index contributed by atoms with van der Waals surface area (Å²) in [7, 11) is 0. The monoisotopic (exact) mass is 319 g/mol. The van der Waals surface area contributed by atoms with E-state index in [4.69, 9.17) is 0 Å². The zero-order chi connectivity index (χ0) is 16.4. The van der Waals surface area contributed by atoms with Crippen molar-refractivity contribution in [3.05, 3.63) is 30.1 Å². The number of fused-ring (bicyclic) bond motifs is 2. The zero-order valence-electron chi connectivity index (χ0n) is 13.2. The molecule has 0 spiro atoms. The smallest absolute Gasteiger partial charge is 0.322 e. The number of piperidine rings is 2. The summed E-state index contributed by atoms with van der Waals surface area (Å²) in [4.78, 5) is 25.8. The normalized spacial score (nSPS) is 26.5. The topological polar surface area (TPSA) is 61.4 Å². The van der Waals surface area contributed by atoms with Gasteiger partial charge in [-0.3, -0.25) is 4.79 Å². The molecule has 2 bridgehead atoms. The van der Waals surface area contributed by atoms with E-state index < -0.39 is 0 Å². The number of rotatable bonds is 2. The van der Waals surface area contributed by atoms with E-state index in [2.05, 4.69) is 10.6 Å². The Morgan fingerprint density at radius 1 is 1.22 bits per heavy atom. The van der Waals surface area contributed by atoms with Crippen molar-refractivity contribution in [2.45, 2.75) is 57.2 Å². The van der Waals surface area contributed by atoms with E-state index in [1.165, 1.54) is 19.1 Å². The fraction of sp³-hybridized carbons (Fsp3) is 0.529. The van der Waals surface area contributed by atoms with E-state index in [1.807, 2.05) is 4.90 Å². The lowest BCUT2D eigenvalue weighted by Crippen LogP contribution is -2.59. The molecule has 2 fully saturated rings. The number of amides is 3. The van der Waals surface area contributed by atoms with Gasteiger partial charge in [0.1, 0.15) is 5.82 Å². The van der Waals surface area contributed by atoms with E-state index in [1.54, 1.807) is 12.1 Å². The van der Waals surface area contributed by atoms with Crippen LogP contribution in [0.4, 0.5) is 14.9 Å². The van der Waals surface area contributed by atoms with Crippen LogP contribution < -0.4 is 10.6 Å². The molecule has 2 N–H and O–H groups in total. The molecule has 2 aliphatic rings. The highest BCUT2D eigenvalue weighted by molar-refractivity contribution is 5.90. The van der Waals surface area contributed by atoms with Crippen molar-refractivity contribution in [3.63, 3.8) is 0 Å². The molecule has 23 heavy (non-hydrogen) atoms. The van der Waals surface area contributed by atoms with Crippen LogP contribution >= 0.6 is 0 Å². The van der Waals surface area contributed by atoms with Gasteiger partial charge in [0.25, 0.3) is 0 Å². The van der Waals surface area contributed by atoms with E-state index >= 15 is 0 Å². The predicted molar refractivity (Wildman–Crippen MR) is 85.5 cm³/mol. The van der Waals surface area contributed by atoms with Gasteiger partial charge in [0, 0.05) is 30.7 Å². The third-order valence-electron chi connectivity index (χ3n) is 4.69. The van der Waals surface area contributed by atoms with E-state index in [0.29, 0.717) is 5.69 Å². The Balaban J connectivity index is 1.69. The maximum atomic E-state index is 13.3. The van der Waals surface area contributed by atoms with Crippen LogP contribution in [-0.2, 0) is 4.79 Å². The van der Waals surface area contributed by atoms with Crippen molar-refractivity contribution in [2.75, 3.05) is 5.32 Å². The number of anilines is 1. The lowest BCUT2D eigenvalue weighted by Gasteiger charge is -2.48. The lowest BCUT2D eigenvalue weighted by molar-refractivity contribution is -0.120. The van der Waals surface area contributed by atoms with Crippen LogP contribution in [0.15, 0.2) is 24.3 Å². The molecule has 2 unspecified atom stereocenters. The fourth-order valence-corrected chi connectivity index (χ4v) is 3.87. The average molecular weight is 319 g/mol. The maximum absolute atomic E-state index is 13.3. The number of hydrogen-bond donors (Lipinski definition) is 2. The Morgan fingerprint density at radius 2 is 1.91 bits per heavy atom. The number of hydrogen-bond acceptors (Lipinski definition) is 2. The number of nitrogens with one attached hydrogen (secondary N) is 2. The van der Waals surface area contributed by atoms with Crippen LogP contribution in [0.1, 0.15) is 39.0 Å². The molecule has 5 nitrogen and oxygen atoms in total. The van der Waals surface area contributed by atoms with E-state index in [-0.39, 0.29) is 35.9 Å². The van der Waals surface area contributed by atoms with E-state index in [0.717, 1.165) is 32.1 Å². The van der Waals surface area contributed by atoms with Gasteiger partial charge in [-0.2, -0.15) is 0 Å². The molecular weight excluding hydrogens is 297 g/mol. The van der Waals surface area contributed by atoms with Gasteiger partial charge in [-0.1, -0.05) is 6.07 Å². The third-order valence-corrected chi connectivity index (χ3v) is 4.69. The summed E-state index contributed by atoms with van der Waals surface area (Å²) in [5.74, 6) is -0.391. The van der Waals surface area contributed by atoms with Crippen LogP contribution in [0, 0.1) is 5.82 Å². The first kappa shape index (κ1) is 15.8. The minimum atomic E-state index is -0.368. The highest BCUT2D eigenvalue weighted by Crippen LogP contribution is 2.34. The quantitative estimate of drug-likeness (QED) is 0.880. The number of halogens is 1. The molecule has 0 saturated carbocycles. The van der Waals surface area contributed by atoms with Crippen LogP contribution in [-0.4, -0.2) is 35.0 Å². The standard InChI is InChI=1S/C17H22FN3O2/c1-11(22)19-14-9-15-6-3-7-16(10-14)21(15)17(23)20-13-5-2-4-12(18)8-13/h2,4-5,8,14-16H,3,6-7,9-10H2,1H3,(H,19,22)(H,20,23). The first-order chi connectivity index (χ1) is 11.0. The van der Waals surface area contributed by atoms with Crippen molar-refractivity contribution in [3.8, 4) is 0 Å². The number of nitrogens with zero attached hydrogens (tertiary/aromatic N) is 1. The summed E-state index contributed by atoms with van der Waals surface area (Å²) in [6.07, 6.45) is 4.57. The Morgan fingerprint density at radius 3 is 2.52 bits per heavy atom. The molecule has 2 heterocycles. The Kier molecular flexibility index (Phi) is 4.50. The second kappa shape index (κ2) is 6.56. The summed E-state index contributed by atoms with van der Waals surface area (Å²) in [6.45, 7) is 1.53. The van der Waals surface area contributed by atoms with Crippen molar-refractivity contribution in [2.24, 2.45) is 0 Å². The molecule has 1 aromatic rings. The summed E-state index contributed by atoms with van der Waals surface area (Å²) in [5.41, 5.74) is 0.469. The summed E-state index contributed by atoms with van der Waals surface area (Å²) < 4.78 is 13.3. The van der Waals surface area contributed by atoms with E-state index in [9.17, 15) is 14.0 Å². The van der Waals surface area contributed by atoms with Crippen molar-refractivity contribution >= 4 is 17.6 Å². The van der Waals surface area contributed by atoms with Crippen molar-refractivity contribution in [1.29, 1.82) is 0 Å². The molecule has 3 rings (SSSR count). The van der Waals surface area contributed by atoms with Gasteiger partial charge in [0.2, 0.25) is 5.91 Å². The van der Waals surface area contributed by atoms with Gasteiger partial charge < -0.3 is 15.5 Å². The van der Waals surface area contributed by atoms with Crippen LogP contribution in [0.3, 0.4) is 0 Å². The molecule has 6 heteroatoms. The molecule has 2 atom stereocenters. The number of urea groups is 1.